The van der Waals surface area contributed by atoms with Crippen molar-refractivity contribution in [1.29, 1.82) is 0 Å². The standard InChI is InChI=1S/C14H18N2O3/c1-3-9-15-14(17)10-19-13-8-6-5-7-11(13)12(4-2)16-18/h3,5-8,18H,1,4,9-10H2,2H3,(H,15,17)/b16-12+. The summed E-state index contributed by atoms with van der Waals surface area (Å²) in [6, 6.07) is 7.14. The minimum absolute atomic E-state index is 0.0900. The summed E-state index contributed by atoms with van der Waals surface area (Å²) in [4.78, 5) is 11.4. The zero-order chi connectivity index (χ0) is 14.1. The maximum atomic E-state index is 11.4. The van der Waals surface area contributed by atoms with Crippen LogP contribution in [0.3, 0.4) is 0 Å². The Morgan fingerprint density at radius 2 is 2.26 bits per heavy atom. The predicted octanol–water partition coefficient (Wildman–Crippen LogP) is 1.96. The van der Waals surface area contributed by atoms with E-state index < -0.39 is 0 Å². The van der Waals surface area contributed by atoms with E-state index in [-0.39, 0.29) is 12.5 Å². The lowest BCUT2D eigenvalue weighted by Gasteiger charge is -2.11. The molecule has 0 fully saturated rings. The van der Waals surface area contributed by atoms with Crippen LogP contribution in [0.1, 0.15) is 18.9 Å². The second-order valence-corrected chi connectivity index (χ2v) is 3.78. The molecule has 0 unspecified atom stereocenters. The van der Waals surface area contributed by atoms with Gasteiger partial charge in [-0.05, 0) is 18.6 Å². The molecule has 0 atom stereocenters. The van der Waals surface area contributed by atoms with Gasteiger partial charge in [-0.25, -0.2) is 0 Å². The summed E-state index contributed by atoms with van der Waals surface area (Å²) in [5.41, 5.74) is 1.20. The van der Waals surface area contributed by atoms with E-state index in [4.69, 9.17) is 9.94 Å². The van der Waals surface area contributed by atoms with Crippen molar-refractivity contribution in [2.45, 2.75) is 13.3 Å². The number of amides is 1. The van der Waals surface area contributed by atoms with Gasteiger partial charge in [-0.15, -0.1) is 6.58 Å². The van der Waals surface area contributed by atoms with E-state index in [1.54, 1.807) is 24.3 Å². The van der Waals surface area contributed by atoms with Crippen molar-refractivity contribution < 1.29 is 14.7 Å². The molecule has 19 heavy (non-hydrogen) atoms. The minimum Gasteiger partial charge on any atom is -0.483 e. The molecule has 1 amide bonds. The molecule has 0 radical (unpaired) electrons. The highest BCUT2D eigenvalue weighted by Crippen LogP contribution is 2.20. The first-order valence-electron chi connectivity index (χ1n) is 6.03. The third kappa shape index (κ3) is 4.46. The van der Waals surface area contributed by atoms with Gasteiger partial charge in [0.1, 0.15) is 5.75 Å². The van der Waals surface area contributed by atoms with Crippen LogP contribution in [0.4, 0.5) is 0 Å². The number of ether oxygens (including phenoxy) is 1. The highest BCUT2D eigenvalue weighted by molar-refractivity contribution is 6.02. The third-order valence-electron chi connectivity index (χ3n) is 2.46. The van der Waals surface area contributed by atoms with Gasteiger partial charge in [0.2, 0.25) is 0 Å². The van der Waals surface area contributed by atoms with E-state index in [1.807, 2.05) is 13.0 Å². The van der Waals surface area contributed by atoms with Gasteiger partial charge in [0.15, 0.2) is 6.61 Å². The summed E-state index contributed by atoms with van der Waals surface area (Å²) < 4.78 is 5.44. The zero-order valence-corrected chi connectivity index (χ0v) is 10.9. The number of hydrogen-bond donors (Lipinski definition) is 2. The lowest BCUT2D eigenvalue weighted by atomic mass is 10.1. The largest absolute Gasteiger partial charge is 0.483 e. The van der Waals surface area contributed by atoms with Crippen molar-refractivity contribution in [3.05, 3.63) is 42.5 Å². The van der Waals surface area contributed by atoms with Crippen LogP contribution in [0.15, 0.2) is 42.1 Å². The molecular weight excluding hydrogens is 244 g/mol. The molecule has 0 bridgehead atoms. The average molecular weight is 262 g/mol. The summed E-state index contributed by atoms with van der Waals surface area (Å²) in [5, 5.41) is 14.8. The fourth-order valence-corrected chi connectivity index (χ4v) is 1.53. The highest BCUT2D eigenvalue weighted by atomic mass is 16.5. The van der Waals surface area contributed by atoms with Crippen LogP contribution in [-0.4, -0.2) is 30.0 Å². The Bertz CT molecular complexity index is 470. The number of nitrogens with one attached hydrogen (secondary N) is 1. The zero-order valence-electron chi connectivity index (χ0n) is 10.9. The van der Waals surface area contributed by atoms with Crippen molar-refractivity contribution in [3.63, 3.8) is 0 Å². The normalized spacial score (nSPS) is 10.9. The van der Waals surface area contributed by atoms with Crippen LogP contribution in [-0.2, 0) is 4.79 Å². The van der Waals surface area contributed by atoms with Gasteiger partial charge < -0.3 is 15.3 Å². The van der Waals surface area contributed by atoms with Crippen molar-refractivity contribution in [2.24, 2.45) is 5.16 Å². The first-order chi connectivity index (χ1) is 9.22. The van der Waals surface area contributed by atoms with Crippen molar-refractivity contribution in [1.82, 2.24) is 5.32 Å². The van der Waals surface area contributed by atoms with Crippen LogP contribution in [0.2, 0.25) is 0 Å². The molecule has 102 valence electrons. The van der Waals surface area contributed by atoms with Crippen LogP contribution in [0.5, 0.6) is 5.75 Å². The third-order valence-corrected chi connectivity index (χ3v) is 2.46. The molecule has 0 aromatic heterocycles. The molecule has 0 aliphatic carbocycles. The molecule has 2 N–H and O–H groups in total. The second-order valence-electron chi connectivity index (χ2n) is 3.78. The SMILES string of the molecule is C=CCNC(=O)COc1ccccc1/C(CC)=N/O. The van der Waals surface area contributed by atoms with Gasteiger partial charge >= 0.3 is 0 Å². The fourth-order valence-electron chi connectivity index (χ4n) is 1.53. The summed E-state index contributed by atoms with van der Waals surface area (Å²) in [6.07, 6.45) is 2.17. The second kappa shape index (κ2) is 7.92. The number of oxime groups is 1. The van der Waals surface area contributed by atoms with Gasteiger partial charge in [0.25, 0.3) is 5.91 Å². The van der Waals surface area contributed by atoms with Gasteiger partial charge in [-0.1, -0.05) is 30.3 Å². The quantitative estimate of drug-likeness (QED) is 0.341. The first kappa shape index (κ1) is 14.8. The Morgan fingerprint density at radius 3 is 2.89 bits per heavy atom. The van der Waals surface area contributed by atoms with Gasteiger partial charge in [-0.2, -0.15) is 0 Å². The average Bonchev–Trinajstić information content (AvgIpc) is 2.45. The number of para-hydroxylation sites is 1. The summed E-state index contributed by atoms with van der Waals surface area (Å²) in [5.74, 6) is 0.291. The molecular formula is C14H18N2O3. The van der Waals surface area contributed by atoms with Gasteiger partial charge in [-0.3, -0.25) is 4.79 Å². The summed E-state index contributed by atoms with van der Waals surface area (Å²) in [6.45, 7) is 5.70. The van der Waals surface area contributed by atoms with Crippen LogP contribution in [0, 0.1) is 0 Å². The topological polar surface area (TPSA) is 70.9 Å². The predicted molar refractivity (Wildman–Crippen MR) is 73.8 cm³/mol. The minimum atomic E-state index is -0.228. The number of rotatable bonds is 7. The molecule has 0 saturated heterocycles. The molecule has 0 aliphatic rings. The lowest BCUT2D eigenvalue weighted by Crippen LogP contribution is -2.29. The Kier molecular flexibility index (Phi) is 6.15. The smallest absolute Gasteiger partial charge is 0.258 e. The molecule has 1 rings (SSSR count). The Hall–Kier alpha value is -2.30. The van der Waals surface area contributed by atoms with E-state index in [0.29, 0.717) is 30.0 Å². The van der Waals surface area contributed by atoms with Crippen LogP contribution >= 0.6 is 0 Å². The molecule has 0 saturated carbocycles. The van der Waals surface area contributed by atoms with E-state index in [1.165, 1.54) is 0 Å². The number of hydrogen-bond acceptors (Lipinski definition) is 4. The Labute approximate surface area is 112 Å². The van der Waals surface area contributed by atoms with E-state index in [9.17, 15) is 4.79 Å². The lowest BCUT2D eigenvalue weighted by molar-refractivity contribution is -0.122. The number of carbonyl (C=O) groups excluding carboxylic acids is 1. The molecule has 1 aromatic rings. The van der Waals surface area contributed by atoms with Crippen LogP contribution < -0.4 is 10.1 Å². The monoisotopic (exact) mass is 262 g/mol. The number of carbonyl (C=O) groups is 1. The van der Waals surface area contributed by atoms with Crippen molar-refractivity contribution in [3.8, 4) is 5.75 Å². The van der Waals surface area contributed by atoms with E-state index >= 15 is 0 Å². The Balaban J connectivity index is 2.73. The number of nitrogens with zero attached hydrogens (tertiary/aromatic N) is 1. The van der Waals surface area contributed by atoms with Crippen molar-refractivity contribution >= 4 is 11.6 Å². The van der Waals surface area contributed by atoms with E-state index in [2.05, 4.69) is 17.1 Å². The number of benzene rings is 1. The molecule has 0 aliphatic heterocycles. The molecule has 0 heterocycles. The van der Waals surface area contributed by atoms with Crippen molar-refractivity contribution in [2.75, 3.05) is 13.2 Å². The summed E-state index contributed by atoms with van der Waals surface area (Å²) in [7, 11) is 0. The van der Waals surface area contributed by atoms with Gasteiger partial charge in [0, 0.05) is 12.1 Å². The first-order valence-corrected chi connectivity index (χ1v) is 6.03. The van der Waals surface area contributed by atoms with E-state index in [0.717, 1.165) is 0 Å². The molecule has 0 spiro atoms. The highest BCUT2D eigenvalue weighted by Gasteiger charge is 2.10. The molecule has 5 nitrogen and oxygen atoms in total. The van der Waals surface area contributed by atoms with Gasteiger partial charge in [0.05, 0.1) is 5.71 Å². The molecule has 1 aromatic carbocycles. The Morgan fingerprint density at radius 1 is 1.53 bits per heavy atom. The summed E-state index contributed by atoms with van der Waals surface area (Å²) >= 11 is 0. The van der Waals surface area contributed by atoms with Crippen LogP contribution in [0.25, 0.3) is 0 Å². The maximum Gasteiger partial charge on any atom is 0.258 e. The molecule has 5 heteroatoms. The fraction of sp³-hybridized carbons (Fsp3) is 0.286. The maximum absolute atomic E-state index is 11.4.